The number of aliphatic hydroxyl groups excluding tert-OH is 1. The van der Waals surface area contributed by atoms with Crippen molar-refractivity contribution >= 4 is 21.6 Å². The maximum atomic E-state index is 9.28. The van der Waals surface area contributed by atoms with Gasteiger partial charge in [-0.1, -0.05) is 15.9 Å². The number of hydrogen-bond donors (Lipinski definition) is 2. The number of halogens is 1. The Morgan fingerprint density at radius 2 is 2.00 bits per heavy atom. The maximum Gasteiger partial charge on any atom is 0.0808 e. The van der Waals surface area contributed by atoms with E-state index in [1.54, 1.807) is 7.11 Å². The zero-order valence-corrected chi connectivity index (χ0v) is 10.5. The molecule has 0 aliphatic rings. The van der Waals surface area contributed by atoms with Crippen LogP contribution in [0.4, 0.5) is 5.69 Å². The topological polar surface area (TPSA) is 41.5 Å². The van der Waals surface area contributed by atoms with Gasteiger partial charge in [0, 0.05) is 17.3 Å². The normalized spacial score (nSPS) is 14.7. The lowest BCUT2D eigenvalue weighted by molar-refractivity contribution is 0.108. The first kappa shape index (κ1) is 12.5. The molecule has 0 bridgehead atoms. The molecule has 1 aromatic rings. The van der Waals surface area contributed by atoms with Crippen LogP contribution >= 0.6 is 15.9 Å². The first-order valence-electron chi connectivity index (χ1n) is 4.73. The van der Waals surface area contributed by atoms with E-state index in [0.717, 1.165) is 10.2 Å². The summed E-state index contributed by atoms with van der Waals surface area (Å²) in [5, 5.41) is 12.5. The van der Waals surface area contributed by atoms with Crippen LogP contribution in [0.1, 0.15) is 6.92 Å². The molecule has 0 amide bonds. The van der Waals surface area contributed by atoms with Crippen molar-refractivity contribution in [1.29, 1.82) is 0 Å². The van der Waals surface area contributed by atoms with Gasteiger partial charge in [-0.3, -0.25) is 0 Å². The monoisotopic (exact) mass is 273 g/mol. The van der Waals surface area contributed by atoms with Crippen LogP contribution in [0.25, 0.3) is 0 Å². The second-order valence-corrected chi connectivity index (χ2v) is 4.70. The molecule has 1 unspecified atom stereocenters. The Bertz CT molecular complexity index is 302. The number of anilines is 1. The summed E-state index contributed by atoms with van der Waals surface area (Å²) in [6, 6.07) is 7.81. The van der Waals surface area contributed by atoms with Gasteiger partial charge in [-0.2, -0.15) is 0 Å². The van der Waals surface area contributed by atoms with Crippen molar-refractivity contribution in [2.24, 2.45) is 0 Å². The van der Waals surface area contributed by atoms with E-state index < -0.39 is 5.54 Å². The molecule has 0 saturated carbocycles. The van der Waals surface area contributed by atoms with Gasteiger partial charge in [0.05, 0.1) is 18.8 Å². The number of rotatable bonds is 5. The Hall–Kier alpha value is -0.580. The number of ether oxygens (including phenoxy) is 1. The van der Waals surface area contributed by atoms with Gasteiger partial charge in [0.2, 0.25) is 0 Å². The molecule has 2 N–H and O–H groups in total. The molecule has 15 heavy (non-hydrogen) atoms. The van der Waals surface area contributed by atoms with E-state index in [2.05, 4.69) is 21.2 Å². The van der Waals surface area contributed by atoms with Crippen molar-refractivity contribution in [2.45, 2.75) is 12.5 Å². The number of methoxy groups -OCH3 is 1. The van der Waals surface area contributed by atoms with E-state index in [-0.39, 0.29) is 6.61 Å². The fraction of sp³-hybridized carbons (Fsp3) is 0.455. The lowest BCUT2D eigenvalue weighted by Gasteiger charge is -2.29. The molecule has 0 heterocycles. The quantitative estimate of drug-likeness (QED) is 0.865. The van der Waals surface area contributed by atoms with Gasteiger partial charge in [0.1, 0.15) is 0 Å². The van der Waals surface area contributed by atoms with Crippen LogP contribution in [0.2, 0.25) is 0 Å². The minimum atomic E-state index is -0.442. The zero-order valence-electron chi connectivity index (χ0n) is 8.96. The molecule has 0 radical (unpaired) electrons. The van der Waals surface area contributed by atoms with E-state index in [1.807, 2.05) is 31.2 Å². The molecule has 4 heteroatoms. The smallest absolute Gasteiger partial charge is 0.0808 e. The van der Waals surface area contributed by atoms with Gasteiger partial charge < -0.3 is 15.2 Å². The summed E-state index contributed by atoms with van der Waals surface area (Å²) in [6.07, 6.45) is 0. The SMILES string of the molecule is COCC(C)(CO)Nc1ccc(Br)cc1. The fourth-order valence-electron chi connectivity index (χ4n) is 1.32. The van der Waals surface area contributed by atoms with Crippen molar-refractivity contribution in [3.8, 4) is 0 Å². The Morgan fingerprint density at radius 3 is 2.47 bits per heavy atom. The molecular weight excluding hydrogens is 258 g/mol. The average Bonchev–Trinajstić information content (AvgIpc) is 2.22. The summed E-state index contributed by atoms with van der Waals surface area (Å²) in [6.45, 7) is 2.40. The van der Waals surface area contributed by atoms with Crippen LogP contribution < -0.4 is 5.32 Å². The Balaban J connectivity index is 2.70. The van der Waals surface area contributed by atoms with Crippen LogP contribution in [-0.4, -0.2) is 31.0 Å². The Labute approximate surface area is 98.6 Å². The molecule has 0 spiro atoms. The molecule has 0 fully saturated rings. The lowest BCUT2D eigenvalue weighted by atomic mass is 10.0. The predicted octanol–water partition coefficient (Wildman–Crippen LogP) is 2.26. The van der Waals surface area contributed by atoms with Crippen molar-refractivity contribution in [3.05, 3.63) is 28.7 Å². The van der Waals surface area contributed by atoms with E-state index in [4.69, 9.17) is 4.74 Å². The van der Waals surface area contributed by atoms with Crippen molar-refractivity contribution in [2.75, 3.05) is 25.6 Å². The van der Waals surface area contributed by atoms with Crippen LogP contribution in [-0.2, 0) is 4.74 Å². The third-order valence-electron chi connectivity index (χ3n) is 2.10. The van der Waals surface area contributed by atoms with Crippen LogP contribution in [0, 0.1) is 0 Å². The molecule has 0 saturated heterocycles. The van der Waals surface area contributed by atoms with Gasteiger partial charge in [-0.05, 0) is 31.2 Å². The van der Waals surface area contributed by atoms with E-state index in [0.29, 0.717) is 6.61 Å². The van der Waals surface area contributed by atoms with Crippen LogP contribution in [0.5, 0.6) is 0 Å². The molecule has 3 nitrogen and oxygen atoms in total. The first-order valence-corrected chi connectivity index (χ1v) is 5.52. The van der Waals surface area contributed by atoms with Crippen molar-refractivity contribution in [3.63, 3.8) is 0 Å². The highest BCUT2D eigenvalue weighted by molar-refractivity contribution is 9.10. The maximum absolute atomic E-state index is 9.28. The highest BCUT2D eigenvalue weighted by Crippen LogP contribution is 2.18. The van der Waals surface area contributed by atoms with E-state index >= 15 is 0 Å². The summed E-state index contributed by atoms with van der Waals surface area (Å²) in [4.78, 5) is 0. The van der Waals surface area contributed by atoms with E-state index in [9.17, 15) is 5.11 Å². The van der Waals surface area contributed by atoms with Gasteiger partial charge in [-0.25, -0.2) is 0 Å². The van der Waals surface area contributed by atoms with Crippen LogP contribution in [0.15, 0.2) is 28.7 Å². The van der Waals surface area contributed by atoms with E-state index in [1.165, 1.54) is 0 Å². The Morgan fingerprint density at radius 1 is 1.40 bits per heavy atom. The summed E-state index contributed by atoms with van der Waals surface area (Å²) < 4.78 is 6.09. The summed E-state index contributed by atoms with van der Waals surface area (Å²) in [5.74, 6) is 0. The fourth-order valence-corrected chi connectivity index (χ4v) is 1.59. The Kier molecular flexibility index (Phi) is 4.57. The number of nitrogens with one attached hydrogen (secondary N) is 1. The first-order chi connectivity index (χ1) is 7.09. The average molecular weight is 274 g/mol. The number of aliphatic hydroxyl groups is 1. The molecular formula is C11H16BrNO2. The number of benzene rings is 1. The van der Waals surface area contributed by atoms with Crippen molar-refractivity contribution in [1.82, 2.24) is 0 Å². The third kappa shape index (κ3) is 3.81. The predicted molar refractivity (Wildman–Crippen MR) is 65.1 cm³/mol. The van der Waals surface area contributed by atoms with Crippen LogP contribution in [0.3, 0.4) is 0 Å². The molecule has 1 aromatic carbocycles. The van der Waals surface area contributed by atoms with Gasteiger partial charge >= 0.3 is 0 Å². The third-order valence-corrected chi connectivity index (χ3v) is 2.63. The molecule has 1 atom stereocenters. The molecule has 0 aliphatic carbocycles. The lowest BCUT2D eigenvalue weighted by Crippen LogP contribution is -2.43. The minimum absolute atomic E-state index is 0.0247. The molecule has 0 aromatic heterocycles. The van der Waals surface area contributed by atoms with Gasteiger partial charge in [-0.15, -0.1) is 0 Å². The molecule has 1 rings (SSSR count). The summed E-state index contributed by atoms with van der Waals surface area (Å²) in [7, 11) is 1.62. The standard InChI is InChI=1S/C11H16BrNO2/c1-11(7-14,8-15-2)13-10-5-3-9(12)4-6-10/h3-6,13-14H,7-8H2,1-2H3. The second-order valence-electron chi connectivity index (χ2n) is 3.78. The number of hydrogen-bond acceptors (Lipinski definition) is 3. The highest BCUT2D eigenvalue weighted by Gasteiger charge is 2.22. The minimum Gasteiger partial charge on any atom is -0.394 e. The summed E-state index contributed by atoms with van der Waals surface area (Å²) >= 11 is 3.37. The van der Waals surface area contributed by atoms with Gasteiger partial charge in [0.25, 0.3) is 0 Å². The summed E-state index contributed by atoms with van der Waals surface area (Å²) in [5.41, 5.74) is 0.523. The highest BCUT2D eigenvalue weighted by atomic mass is 79.9. The zero-order chi connectivity index (χ0) is 11.3. The largest absolute Gasteiger partial charge is 0.394 e. The second kappa shape index (κ2) is 5.49. The molecule has 84 valence electrons. The van der Waals surface area contributed by atoms with Crippen molar-refractivity contribution < 1.29 is 9.84 Å². The molecule has 0 aliphatic heterocycles. The van der Waals surface area contributed by atoms with Gasteiger partial charge in [0.15, 0.2) is 0 Å².